The summed E-state index contributed by atoms with van der Waals surface area (Å²) in [6, 6.07) is 11.9. The average Bonchev–Trinajstić information content (AvgIpc) is 2.41. The number of nitrogens with zero attached hydrogens (tertiary/aromatic N) is 2. The Bertz CT molecular complexity index is 623. The Morgan fingerprint density at radius 2 is 1.90 bits per heavy atom. The highest BCUT2D eigenvalue weighted by atomic mass is 28.3. The van der Waals surface area contributed by atoms with Crippen molar-refractivity contribution in [1.82, 2.24) is 4.98 Å². The highest BCUT2D eigenvalue weighted by molar-refractivity contribution is 6.49. The summed E-state index contributed by atoms with van der Waals surface area (Å²) in [5.74, 6) is 0.847. The minimum Gasteiger partial charge on any atom is -0.541 e. The third kappa shape index (κ3) is 3.54. The molecule has 0 N–H and O–H groups in total. The normalized spacial score (nSPS) is 11.8. The summed E-state index contributed by atoms with van der Waals surface area (Å²) in [4.78, 5) is 9.09. The van der Waals surface area contributed by atoms with E-state index in [1.54, 1.807) is 6.20 Å². The van der Waals surface area contributed by atoms with Gasteiger partial charge in [0.2, 0.25) is 0 Å². The van der Waals surface area contributed by atoms with E-state index < -0.39 is 9.04 Å². The van der Waals surface area contributed by atoms with Gasteiger partial charge in [-0.05, 0) is 50.7 Å². The number of para-hydroxylation sites is 2. The number of rotatable bonds is 4. The van der Waals surface area contributed by atoms with E-state index in [1.165, 1.54) is 0 Å². The molecule has 0 aliphatic heterocycles. The second kappa shape index (κ2) is 6.48. The molecule has 20 heavy (non-hydrogen) atoms. The molecule has 0 aliphatic rings. The summed E-state index contributed by atoms with van der Waals surface area (Å²) in [6.45, 7) is 8.25. The average molecular weight is 283 g/mol. The molecule has 0 atom stereocenters. The Morgan fingerprint density at radius 3 is 2.60 bits per heavy atom. The van der Waals surface area contributed by atoms with Gasteiger partial charge in [-0.3, -0.25) is 4.98 Å². The van der Waals surface area contributed by atoms with E-state index >= 15 is 0 Å². The van der Waals surface area contributed by atoms with Crippen molar-refractivity contribution in [3.8, 4) is 5.75 Å². The van der Waals surface area contributed by atoms with Gasteiger partial charge in [-0.25, -0.2) is 4.99 Å². The fourth-order valence-corrected chi connectivity index (χ4v) is 2.57. The first-order chi connectivity index (χ1) is 9.58. The summed E-state index contributed by atoms with van der Waals surface area (Å²) < 4.78 is 5.89. The molecule has 0 saturated carbocycles. The Morgan fingerprint density at radius 1 is 1.15 bits per heavy atom. The predicted octanol–water partition coefficient (Wildman–Crippen LogP) is 4.16. The van der Waals surface area contributed by atoms with Crippen LogP contribution >= 0.6 is 0 Å². The van der Waals surface area contributed by atoms with Gasteiger partial charge in [0.25, 0.3) is 9.04 Å². The molecule has 103 valence electrons. The van der Waals surface area contributed by atoms with Crippen molar-refractivity contribution < 1.29 is 4.43 Å². The molecule has 0 unspecified atom stereocenters. The van der Waals surface area contributed by atoms with Crippen LogP contribution in [0.2, 0.25) is 13.1 Å². The minimum atomic E-state index is -0.801. The van der Waals surface area contributed by atoms with Crippen molar-refractivity contribution in [2.45, 2.75) is 26.9 Å². The zero-order valence-electron chi connectivity index (χ0n) is 12.3. The molecule has 0 spiro atoms. The van der Waals surface area contributed by atoms with Crippen LogP contribution in [0, 0.1) is 6.92 Å². The molecule has 4 heteroatoms. The van der Waals surface area contributed by atoms with Gasteiger partial charge >= 0.3 is 0 Å². The lowest BCUT2D eigenvalue weighted by Crippen LogP contribution is -2.11. The van der Waals surface area contributed by atoms with E-state index in [0.29, 0.717) is 0 Å². The molecule has 0 saturated heterocycles. The highest BCUT2D eigenvalue weighted by Gasteiger charge is 2.08. The summed E-state index contributed by atoms with van der Waals surface area (Å²) in [5, 5.41) is 0. The fraction of sp³-hybridized carbons (Fsp3) is 0.250. The highest BCUT2D eigenvalue weighted by Crippen LogP contribution is 2.28. The molecule has 0 fully saturated rings. The molecule has 0 amide bonds. The van der Waals surface area contributed by atoms with E-state index in [-0.39, 0.29) is 0 Å². The maximum absolute atomic E-state index is 5.89. The van der Waals surface area contributed by atoms with Crippen molar-refractivity contribution >= 4 is 20.4 Å². The van der Waals surface area contributed by atoms with Crippen molar-refractivity contribution in [3.05, 3.63) is 53.9 Å². The number of aromatic nitrogens is 1. The minimum absolute atomic E-state index is 0.801. The third-order valence-electron chi connectivity index (χ3n) is 2.82. The smallest absolute Gasteiger partial charge is 0.274 e. The summed E-state index contributed by atoms with van der Waals surface area (Å²) >= 11 is 0. The van der Waals surface area contributed by atoms with Crippen LogP contribution in [0.1, 0.15) is 18.2 Å². The first-order valence-electron chi connectivity index (χ1n) is 6.62. The lowest BCUT2D eigenvalue weighted by Gasteiger charge is -2.11. The monoisotopic (exact) mass is 283 g/mol. The Kier molecular flexibility index (Phi) is 4.68. The molecule has 2 aromatic rings. The van der Waals surface area contributed by atoms with Crippen LogP contribution in [-0.4, -0.2) is 19.7 Å². The number of aliphatic imine (C=N–C) groups is 1. The molecule has 1 aromatic heterocycles. The number of hydrogen-bond acceptors (Lipinski definition) is 3. The standard InChI is InChI=1S/C16H19N2OSi/c1-12-8-7-11-17-16(12)13(2)18-14-9-5-6-10-15(14)19-20(3)4/h5-11H,1-4H3. The van der Waals surface area contributed by atoms with Gasteiger partial charge in [0.1, 0.15) is 11.4 Å². The molecule has 2 rings (SSSR count). The van der Waals surface area contributed by atoms with Crippen LogP contribution < -0.4 is 4.43 Å². The second-order valence-electron chi connectivity index (χ2n) is 4.84. The van der Waals surface area contributed by atoms with E-state index in [9.17, 15) is 0 Å². The van der Waals surface area contributed by atoms with Crippen molar-refractivity contribution in [3.63, 3.8) is 0 Å². The molecular weight excluding hydrogens is 264 g/mol. The summed E-state index contributed by atoms with van der Waals surface area (Å²) in [7, 11) is -0.801. The van der Waals surface area contributed by atoms with Gasteiger partial charge in [0, 0.05) is 6.20 Å². The van der Waals surface area contributed by atoms with Gasteiger partial charge in [0.15, 0.2) is 0 Å². The van der Waals surface area contributed by atoms with Crippen LogP contribution in [-0.2, 0) is 0 Å². The number of pyridine rings is 1. The molecular formula is C16H19N2OSi. The largest absolute Gasteiger partial charge is 0.541 e. The van der Waals surface area contributed by atoms with Crippen LogP contribution in [0.15, 0.2) is 47.6 Å². The number of aryl methyl sites for hydroxylation is 1. The molecule has 0 aliphatic carbocycles. The van der Waals surface area contributed by atoms with Crippen LogP contribution in [0.25, 0.3) is 0 Å². The molecule has 3 nitrogen and oxygen atoms in total. The number of benzene rings is 1. The van der Waals surface area contributed by atoms with Crippen molar-refractivity contribution in [2.24, 2.45) is 4.99 Å². The van der Waals surface area contributed by atoms with E-state index in [2.05, 4.69) is 23.1 Å². The van der Waals surface area contributed by atoms with E-state index in [1.807, 2.05) is 50.2 Å². The summed E-state index contributed by atoms with van der Waals surface area (Å²) in [5.41, 5.74) is 3.82. The summed E-state index contributed by atoms with van der Waals surface area (Å²) in [6.07, 6.45) is 1.79. The van der Waals surface area contributed by atoms with Gasteiger partial charge < -0.3 is 4.43 Å². The van der Waals surface area contributed by atoms with Crippen molar-refractivity contribution in [1.29, 1.82) is 0 Å². The topological polar surface area (TPSA) is 34.5 Å². The van der Waals surface area contributed by atoms with Crippen LogP contribution in [0.4, 0.5) is 5.69 Å². The predicted molar refractivity (Wildman–Crippen MR) is 85.4 cm³/mol. The maximum atomic E-state index is 5.89. The van der Waals surface area contributed by atoms with E-state index in [0.717, 1.165) is 28.4 Å². The van der Waals surface area contributed by atoms with Gasteiger partial charge in [0.05, 0.1) is 11.4 Å². The molecule has 1 heterocycles. The molecule has 1 aromatic carbocycles. The van der Waals surface area contributed by atoms with Gasteiger partial charge in [-0.2, -0.15) is 0 Å². The van der Waals surface area contributed by atoms with Crippen LogP contribution in [0.3, 0.4) is 0 Å². The first kappa shape index (κ1) is 14.5. The van der Waals surface area contributed by atoms with Gasteiger partial charge in [-0.1, -0.05) is 18.2 Å². The maximum Gasteiger partial charge on any atom is 0.274 e. The zero-order valence-corrected chi connectivity index (χ0v) is 13.3. The first-order valence-corrected chi connectivity index (χ1v) is 9.03. The third-order valence-corrected chi connectivity index (χ3v) is 3.45. The molecule has 0 bridgehead atoms. The second-order valence-corrected chi connectivity index (χ2v) is 6.86. The fourth-order valence-electron chi connectivity index (χ4n) is 1.95. The Labute approximate surface area is 122 Å². The number of hydrogen-bond donors (Lipinski definition) is 0. The quantitative estimate of drug-likeness (QED) is 0.623. The van der Waals surface area contributed by atoms with Gasteiger partial charge in [-0.15, -0.1) is 0 Å². The van der Waals surface area contributed by atoms with Crippen molar-refractivity contribution in [2.75, 3.05) is 0 Å². The van der Waals surface area contributed by atoms with E-state index in [4.69, 9.17) is 4.43 Å². The zero-order chi connectivity index (χ0) is 14.5. The lowest BCUT2D eigenvalue weighted by atomic mass is 10.1. The van der Waals surface area contributed by atoms with Crippen LogP contribution in [0.5, 0.6) is 5.75 Å². The Hall–Kier alpha value is -1.94. The lowest BCUT2D eigenvalue weighted by molar-refractivity contribution is 0.582. The Balaban J connectivity index is 2.38. The molecule has 1 radical (unpaired) electrons. The SMILES string of the molecule is CC(=Nc1ccccc1O[Si](C)C)c1ncccc1C.